The summed E-state index contributed by atoms with van der Waals surface area (Å²) in [6.45, 7) is 6.44. The molecule has 1 amide bonds. The van der Waals surface area contributed by atoms with Gasteiger partial charge in [-0.05, 0) is 25.3 Å². The summed E-state index contributed by atoms with van der Waals surface area (Å²) in [5, 5.41) is 3.16. The number of hydrogen-bond acceptors (Lipinski definition) is 2. The predicted octanol–water partition coefficient (Wildman–Crippen LogP) is 3.02. The standard InChI is InChI=1S/C16H26N2O/c1-4-9-14(13-10-7-6-8-11-13)18-15(19)16(3,5-2)12-17/h6-8,10-11,14H,4-5,9,12,17H2,1-3H3,(H,18,19). The molecular weight excluding hydrogens is 236 g/mol. The Kier molecular flexibility index (Phi) is 6.03. The van der Waals surface area contributed by atoms with E-state index >= 15 is 0 Å². The van der Waals surface area contributed by atoms with E-state index in [-0.39, 0.29) is 11.9 Å². The van der Waals surface area contributed by atoms with Crippen LogP contribution in [0.25, 0.3) is 0 Å². The van der Waals surface area contributed by atoms with Gasteiger partial charge in [0.1, 0.15) is 0 Å². The van der Waals surface area contributed by atoms with Crippen LogP contribution >= 0.6 is 0 Å². The van der Waals surface area contributed by atoms with E-state index in [9.17, 15) is 4.79 Å². The predicted molar refractivity (Wildman–Crippen MR) is 79.7 cm³/mol. The van der Waals surface area contributed by atoms with Gasteiger partial charge in [0.05, 0.1) is 11.5 Å². The number of nitrogens with one attached hydrogen (secondary N) is 1. The smallest absolute Gasteiger partial charge is 0.227 e. The summed E-state index contributed by atoms with van der Waals surface area (Å²) >= 11 is 0. The Balaban J connectivity index is 2.83. The molecule has 1 rings (SSSR count). The average Bonchev–Trinajstić information content (AvgIpc) is 2.46. The molecule has 0 radical (unpaired) electrons. The molecule has 106 valence electrons. The summed E-state index contributed by atoms with van der Waals surface area (Å²) in [4.78, 5) is 12.4. The Morgan fingerprint density at radius 1 is 1.32 bits per heavy atom. The van der Waals surface area contributed by atoms with Crippen molar-refractivity contribution >= 4 is 5.91 Å². The van der Waals surface area contributed by atoms with Gasteiger partial charge in [0.15, 0.2) is 0 Å². The minimum Gasteiger partial charge on any atom is -0.349 e. The molecule has 3 nitrogen and oxygen atoms in total. The van der Waals surface area contributed by atoms with Crippen LogP contribution in [0.15, 0.2) is 30.3 Å². The van der Waals surface area contributed by atoms with Crippen LogP contribution in [-0.2, 0) is 4.79 Å². The molecule has 2 atom stereocenters. The molecule has 1 aromatic carbocycles. The van der Waals surface area contributed by atoms with E-state index in [0.717, 1.165) is 24.8 Å². The second-order valence-electron chi connectivity index (χ2n) is 5.34. The Labute approximate surface area is 116 Å². The third-order valence-electron chi connectivity index (χ3n) is 3.86. The molecule has 0 bridgehead atoms. The highest BCUT2D eigenvalue weighted by atomic mass is 16.2. The fourth-order valence-corrected chi connectivity index (χ4v) is 2.03. The number of benzene rings is 1. The van der Waals surface area contributed by atoms with Gasteiger partial charge in [-0.15, -0.1) is 0 Å². The third kappa shape index (κ3) is 4.06. The van der Waals surface area contributed by atoms with E-state index in [0.29, 0.717) is 6.54 Å². The molecule has 0 aliphatic heterocycles. The molecule has 0 aliphatic rings. The van der Waals surface area contributed by atoms with Crippen molar-refractivity contribution in [2.24, 2.45) is 11.1 Å². The summed E-state index contributed by atoms with van der Waals surface area (Å²) in [5.74, 6) is 0.0554. The van der Waals surface area contributed by atoms with Crippen LogP contribution in [0, 0.1) is 5.41 Å². The van der Waals surface area contributed by atoms with Crippen LogP contribution in [0.5, 0.6) is 0 Å². The molecule has 3 N–H and O–H groups in total. The van der Waals surface area contributed by atoms with Crippen molar-refractivity contribution in [1.82, 2.24) is 5.32 Å². The quantitative estimate of drug-likeness (QED) is 0.793. The molecule has 0 heterocycles. The largest absolute Gasteiger partial charge is 0.349 e. The fourth-order valence-electron chi connectivity index (χ4n) is 2.03. The van der Waals surface area contributed by atoms with Gasteiger partial charge < -0.3 is 11.1 Å². The number of carbonyl (C=O) groups excluding carboxylic acids is 1. The van der Waals surface area contributed by atoms with Crippen molar-refractivity contribution in [3.05, 3.63) is 35.9 Å². The molecular formula is C16H26N2O. The zero-order chi connectivity index (χ0) is 14.3. The highest BCUT2D eigenvalue weighted by Crippen LogP contribution is 2.24. The lowest BCUT2D eigenvalue weighted by molar-refractivity contribution is -0.130. The van der Waals surface area contributed by atoms with E-state index in [1.54, 1.807) is 0 Å². The minimum atomic E-state index is -0.471. The Bertz CT molecular complexity index is 385. The lowest BCUT2D eigenvalue weighted by Gasteiger charge is -2.28. The lowest BCUT2D eigenvalue weighted by atomic mass is 9.86. The summed E-state index contributed by atoms with van der Waals surface area (Å²) in [6, 6.07) is 10.2. The van der Waals surface area contributed by atoms with Crippen molar-refractivity contribution in [2.45, 2.75) is 46.1 Å². The number of hydrogen-bond donors (Lipinski definition) is 2. The molecule has 1 aromatic rings. The molecule has 2 unspecified atom stereocenters. The van der Waals surface area contributed by atoms with Crippen LogP contribution in [0.1, 0.15) is 51.6 Å². The highest BCUT2D eigenvalue weighted by molar-refractivity contribution is 5.82. The van der Waals surface area contributed by atoms with Crippen molar-refractivity contribution < 1.29 is 4.79 Å². The maximum absolute atomic E-state index is 12.4. The Morgan fingerprint density at radius 2 is 1.95 bits per heavy atom. The number of carbonyl (C=O) groups is 1. The molecule has 19 heavy (non-hydrogen) atoms. The molecule has 0 saturated heterocycles. The van der Waals surface area contributed by atoms with E-state index in [2.05, 4.69) is 24.4 Å². The number of rotatable bonds is 7. The SMILES string of the molecule is CCCC(NC(=O)C(C)(CC)CN)c1ccccc1. The van der Waals surface area contributed by atoms with Gasteiger partial charge >= 0.3 is 0 Å². The molecule has 0 fully saturated rings. The molecule has 0 spiro atoms. The topological polar surface area (TPSA) is 55.1 Å². The van der Waals surface area contributed by atoms with Gasteiger partial charge in [-0.2, -0.15) is 0 Å². The summed E-state index contributed by atoms with van der Waals surface area (Å²) in [7, 11) is 0. The summed E-state index contributed by atoms with van der Waals surface area (Å²) < 4.78 is 0. The second-order valence-corrected chi connectivity index (χ2v) is 5.34. The molecule has 0 saturated carbocycles. The van der Waals surface area contributed by atoms with Crippen LogP contribution in [0.2, 0.25) is 0 Å². The van der Waals surface area contributed by atoms with Crippen LogP contribution in [0.3, 0.4) is 0 Å². The molecule has 0 aromatic heterocycles. The first-order valence-electron chi connectivity index (χ1n) is 7.13. The van der Waals surface area contributed by atoms with Crippen LogP contribution in [-0.4, -0.2) is 12.5 Å². The summed E-state index contributed by atoms with van der Waals surface area (Å²) in [6.07, 6.45) is 2.73. The van der Waals surface area contributed by atoms with Crippen molar-refractivity contribution in [2.75, 3.05) is 6.54 Å². The van der Waals surface area contributed by atoms with E-state index in [4.69, 9.17) is 5.73 Å². The molecule has 3 heteroatoms. The first-order valence-corrected chi connectivity index (χ1v) is 7.13. The first kappa shape index (κ1) is 15.7. The maximum atomic E-state index is 12.4. The van der Waals surface area contributed by atoms with Gasteiger partial charge in [-0.1, -0.05) is 50.6 Å². The Morgan fingerprint density at radius 3 is 2.42 bits per heavy atom. The third-order valence-corrected chi connectivity index (χ3v) is 3.86. The van der Waals surface area contributed by atoms with Gasteiger partial charge in [-0.3, -0.25) is 4.79 Å². The monoisotopic (exact) mass is 262 g/mol. The lowest BCUT2D eigenvalue weighted by Crippen LogP contribution is -2.44. The van der Waals surface area contributed by atoms with E-state index < -0.39 is 5.41 Å². The normalized spacial score (nSPS) is 15.6. The van der Waals surface area contributed by atoms with Crippen LogP contribution in [0.4, 0.5) is 0 Å². The van der Waals surface area contributed by atoms with Crippen molar-refractivity contribution in [3.63, 3.8) is 0 Å². The van der Waals surface area contributed by atoms with Crippen LogP contribution < -0.4 is 11.1 Å². The van der Waals surface area contributed by atoms with Gasteiger partial charge in [0.25, 0.3) is 0 Å². The van der Waals surface area contributed by atoms with Gasteiger partial charge in [0.2, 0.25) is 5.91 Å². The molecule has 0 aliphatic carbocycles. The van der Waals surface area contributed by atoms with E-state index in [1.165, 1.54) is 0 Å². The summed E-state index contributed by atoms with van der Waals surface area (Å²) in [5.41, 5.74) is 6.43. The maximum Gasteiger partial charge on any atom is 0.227 e. The second kappa shape index (κ2) is 7.29. The highest BCUT2D eigenvalue weighted by Gasteiger charge is 2.31. The fraction of sp³-hybridized carbons (Fsp3) is 0.562. The van der Waals surface area contributed by atoms with Gasteiger partial charge in [-0.25, -0.2) is 0 Å². The van der Waals surface area contributed by atoms with Crippen molar-refractivity contribution in [1.29, 1.82) is 0 Å². The number of nitrogens with two attached hydrogens (primary N) is 1. The average molecular weight is 262 g/mol. The zero-order valence-corrected chi connectivity index (χ0v) is 12.3. The zero-order valence-electron chi connectivity index (χ0n) is 12.3. The number of amides is 1. The minimum absolute atomic E-state index is 0.0554. The van der Waals surface area contributed by atoms with Gasteiger partial charge in [0, 0.05) is 6.54 Å². The first-order chi connectivity index (χ1) is 9.07. The Hall–Kier alpha value is -1.35. The van der Waals surface area contributed by atoms with E-state index in [1.807, 2.05) is 32.0 Å². The van der Waals surface area contributed by atoms with Crippen molar-refractivity contribution in [3.8, 4) is 0 Å².